The SMILES string of the molecule is [C-]#[N+][C@@H]1C[C@@]2(CN1C(=O)[C@H](CC(C)(C)C)N(CC(F)F)C(=O)C(=O)Nc1ccccn1)C(=O)Nc1ccccc12. The Kier molecular flexibility index (Phi) is 7.86. The molecule has 3 heterocycles. The number of hydrogen-bond donors (Lipinski definition) is 2. The van der Waals surface area contributed by atoms with E-state index in [0.29, 0.717) is 16.2 Å². The summed E-state index contributed by atoms with van der Waals surface area (Å²) in [6, 6.07) is 10.1. The van der Waals surface area contributed by atoms with E-state index in [1.165, 1.54) is 17.2 Å². The summed E-state index contributed by atoms with van der Waals surface area (Å²) in [5.74, 6) is -3.65. The van der Waals surface area contributed by atoms with Crippen LogP contribution in [0.25, 0.3) is 4.85 Å². The van der Waals surface area contributed by atoms with Crippen LogP contribution >= 0.6 is 0 Å². The molecule has 1 saturated heterocycles. The maximum absolute atomic E-state index is 14.1. The van der Waals surface area contributed by atoms with E-state index in [1.807, 2.05) is 0 Å². The van der Waals surface area contributed by atoms with Crippen molar-refractivity contribution in [2.75, 3.05) is 23.7 Å². The summed E-state index contributed by atoms with van der Waals surface area (Å²) in [5.41, 5.74) is -0.605. The molecule has 10 nitrogen and oxygen atoms in total. The van der Waals surface area contributed by atoms with Gasteiger partial charge in [0.15, 0.2) is 0 Å². The van der Waals surface area contributed by atoms with Crippen LogP contribution in [0, 0.1) is 12.0 Å². The van der Waals surface area contributed by atoms with Gasteiger partial charge in [0.2, 0.25) is 5.91 Å². The summed E-state index contributed by atoms with van der Waals surface area (Å²) >= 11 is 0. The molecule has 12 heteroatoms. The van der Waals surface area contributed by atoms with Crippen molar-refractivity contribution in [3.63, 3.8) is 0 Å². The first-order valence-electron chi connectivity index (χ1n) is 12.8. The molecule has 1 fully saturated rings. The number of nitrogens with zero attached hydrogens (tertiary/aromatic N) is 4. The highest BCUT2D eigenvalue weighted by Gasteiger charge is 2.59. The Morgan fingerprint density at radius 3 is 2.55 bits per heavy atom. The van der Waals surface area contributed by atoms with Crippen molar-refractivity contribution in [3.05, 3.63) is 65.6 Å². The Labute approximate surface area is 230 Å². The van der Waals surface area contributed by atoms with Crippen molar-refractivity contribution in [1.29, 1.82) is 0 Å². The predicted octanol–water partition coefficient (Wildman–Crippen LogP) is 3.29. The van der Waals surface area contributed by atoms with Crippen LogP contribution in [-0.4, -0.2) is 70.1 Å². The van der Waals surface area contributed by atoms with E-state index in [0.717, 1.165) is 0 Å². The summed E-state index contributed by atoms with van der Waals surface area (Å²) in [6.07, 6.45) is -2.80. The van der Waals surface area contributed by atoms with Crippen LogP contribution in [-0.2, 0) is 24.6 Å². The number of halogens is 2. The Balaban J connectivity index is 1.69. The zero-order chi connectivity index (χ0) is 29.2. The first-order chi connectivity index (χ1) is 18.9. The third kappa shape index (κ3) is 5.64. The third-order valence-electron chi connectivity index (χ3n) is 7.05. The lowest BCUT2D eigenvalue weighted by atomic mass is 9.80. The summed E-state index contributed by atoms with van der Waals surface area (Å²) in [4.78, 5) is 62.7. The van der Waals surface area contributed by atoms with Crippen molar-refractivity contribution < 1.29 is 28.0 Å². The van der Waals surface area contributed by atoms with Gasteiger partial charge in [0.1, 0.15) is 17.3 Å². The van der Waals surface area contributed by atoms with Crippen LogP contribution in [0.1, 0.15) is 39.2 Å². The molecule has 1 spiro atoms. The summed E-state index contributed by atoms with van der Waals surface area (Å²) < 4.78 is 27.6. The fourth-order valence-corrected chi connectivity index (χ4v) is 5.30. The monoisotopic (exact) mass is 552 g/mol. The Bertz CT molecular complexity index is 1360. The highest BCUT2D eigenvalue weighted by atomic mass is 19.3. The van der Waals surface area contributed by atoms with E-state index in [2.05, 4.69) is 20.5 Å². The van der Waals surface area contributed by atoms with Crippen LogP contribution in [0.2, 0.25) is 0 Å². The van der Waals surface area contributed by atoms with Gasteiger partial charge in [-0.2, -0.15) is 0 Å². The molecular weight excluding hydrogens is 522 g/mol. The molecule has 2 aromatic rings. The molecule has 4 amide bonds. The van der Waals surface area contributed by atoms with E-state index >= 15 is 0 Å². The maximum atomic E-state index is 14.1. The van der Waals surface area contributed by atoms with Gasteiger partial charge in [0.05, 0.1) is 13.0 Å². The minimum Gasteiger partial charge on any atom is -0.325 e. The zero-order valence-corrected chi connectivity index (χ0v) is 22.4. The number of anilines is 2. The number of nitrogens with one attached hydrogen (secondary N) is 2. The molecule has 0 bridgehead atoms. The number of para-hydroxylation sites is 1. The van der Waals surface area contributed by atoms with Gasteiger partial charge in [-0.15, -0.1) is 0 Å². The lowest BCUT2D eigenvalue weighted by Crippen LogP contribution is -2.56. The van der Waals surface area contributed by atoms with Crippen molar-refractivity contribution in [3.8, 4) is 0 Å². The zero-order valence-electron chi connectivity index (χ0n) is 22.4. The van der Waals surface area contributed by atoms with E-state index in [1.54, 1.807) is 57.2 Å². The average molecular weight is 553 g/mol. The largest absolute Gasteiger partial charge is 0.325 e. The molecule has 40 heavy (non-hydrogen) atoms. The van der Waals surface area contributed by atoms with Gasteiger partial charge in [0.25, 0.3) is 12.3 Å². The molecule has 4 rings (SSSR count). The molecule has 1 aromatic carbocycles. The van der Waals surface area contributed by atoms with Crippen molar-refractivity contribution in [1.82, 2.24) is 14.8 Å². The minimum atomic E-state index is -3.05. The van der Waals surface area contributed by atoms with Crippen LogP contribution in [0.15, 0.2) is 48.7 Å². The number of fused-ring (bicyclic) bond motifs is 2. The predicted molar refractivity (Wildman–Crippen MR) is 142 cm³/mol. The van der Waals surface area contributed by atoms with E-state index in [9.17, 15) is 28.0 Å². The maximum Gasteiger partial charge on any atom is 0.315 e. The number of likely N-dealkylation sites (tertiary alicyclic amines) is 1. The molecule has 3 atom stereocenters. The third-order valence-corrected chi connectivity index (χ3v) is 7.05. The number of rotatable bonds is 6. The van der Waals surface area contributed by atoms with Crippen LogP contribution in [0.4, 0.5) is 20.3 Å². The molecule has 2 N–H and O–H groups in total. The van der Waals surface area contributed by atoms with Gasteiger partial charge >= 0.3 is 18.0 Å². The van der Waals surface area contributed by atoms with E-state index in [-0.39, 0.29) is 31.1 Å². The van der Waals surface area contributed by atoms with E-state index in [4.69, 9.17) is 6.57 Å². The second-order valence-corrected chi connectivity index (χ2v) is 11.2. The molecule has 2 aliphatic rings. The summed E-state index contributed by atoms with van der Waals surface area (Å²) in [6.45, 7) is 11.7. The lowest BCUT2D eigenvalue weighted by molar-refractivity contribution is -0.153. The Morgan fingerprint density at radius 1 is 1.23 bits per heavy atom. The van der Waals surface area contributed by atoms with Crippen LogP contribution in [0.5, 0.6) is 0 Å². The average Bonchev–Trinajstić information content (AvgIpc) is 3.43. The Hall–Kier alpha value is -4.40. The number of pyridine rings is 1. The summed E-state index contributed by atoms with van der Waals surface area (Å²) in [5, 5.41) is 5.09. The second kappa shape index (κ2) is 11.0. The molecule has 0 unspecified atom stereocenters. The van der Waals surface area contributed by atoms with Crippen LogP contribution < -0.4 is 10.6 Å². The van der Waals surface area contributed by atoms with Crippen LogP contribution in [0.3, 0.4) is 0 Å². The van der Waals surface area contributed by atoms with Crippen molar-refractivity contribution in [2.45, 2.75) is 57.7 Å². The quantitative estimate of drug-likeness (QED) is 0.422. The van der Waals surface area contributed by atoms with Crippen molar-refractivity contribution >= 4 is 35.1 Å². The fraction of sp³-hybridized carbons (Fsp3) is 0.429. The molecule has 0 aliphatic carbocycles. The molecular formula is C28H30F2N6O4. The molecule has 1 aromatic heterocycles. The van der Waals surface area contributed by atoms with Gasteiger partial charge in [-0.05, 0) is 35.6 Å². The fourth-order valence-electron chi connectivity index (χ4n) is 5.30. The van der Waals surface area contributed by atoms with Gasteiger partial charge in [0, 0.05) is 18.4 Å². The lowest BCUT2D eigenvalue weighted by Gasteiger charge is -2.36. The van der Waals surface area contributed by atoms with Gasteiger partial charge in [-0.1, -0.05) is 45.0 Å². The first kappa shape index (κ1) is 28.6. The molecule has 0 radical (unpaired) electrons. The van der Waals surface area contributed by atoms with Gasteiger partial charge < -0.3 is 15.5 Å². The van der Waals surface area contributed by atoms with Crippen molar-refractivity contribution in [2.24, 2.45) is 5.41 Å². The highest BCUT2D eigenvalue weighted by molar-refractivity contribution is 6.39. The van der Waals surface area contributed by atoms with Gasteiger partial charge in [-0.3, -0.25) is 28.9 Å². The Morgan fingerprint density at radius 2 is 1.93 bits per heavy atom. The number of carbonyl (C=O) groups excluding carboxylic acids is 4. The molecule has 210 valence electrons. The minimum absolute atomic E-state index is 0.0102. The molecule has 2 aliphatic heterocycles. The number of carbonyl (C=O) groups is 4. The number of aromatic nitrogens is 1. The number of hydrogen-bond acceptors (Lipinski definition) is 5. The number of amides is 4. The first-order valence-corrected chi connectivity index (χ1v) is 12.8. The number of benzene rings is 1. The second-order valence-electron chi connectivity index (χ2n) is 11.2. The highest BCUT2D eigenvalue weighted by Crippen LogP contribution is 2.47. The standard InChI is InChI=1S/C28H30F2N6O4/c1-27(2,3)13-19(35(15-20(29)30)25(39)23(37)34-21-11-7-8-12-32-21)24(38)36-16-28(14-22(36)31-4)17-9-5-6-10-18(17)33-26(28)40/h5-12,19-20,22H,13-16H2,1-3H3,(H,33,40)(H,32,34,37)/t19-,22-,28-/m0/s1. The smallest absolute Gasteiger partial charge is 0.315 e. The normalized spacial score (nSPS) is 20.6. The molecule has 0 saturated carbocycles. The number of alkyl halides is 2. The summed E-state index contributed by atoms with van der Waals surface area (Å²) in [7, 11) is 0. The van der Waals surface area contributed by atoms with E-state index < -0.39 is 53.7 Å². The van der Waals surface area contributed by atoms with Gasteiger partial charge in [-0.25, -0.2) is 20.3 Å². The topological polar surface area (TPSA) is 116 Å².